The fourth-order valence-corrected chi connectivity index (χ4v) is 5.17. The Hall–Kier alpha value is -2.45. The molecule has 34 heavy (non-hydrogen) atoms. The summed E-state index contributed by atoms with van der Waals surface area (Å²) in [5.74, 6) is 1.66. The van der Waals surface area contributed by atoms with Gasteiger partial charge in [-0.2, -0.15) is 0 Å². The molecule has 2 aromatic heterocycles. The van der Waals surface area contributed by atoms with Gasteiger partial charge < -0.3 is 19.4 Å². The number of pyridine rings is 1. The van der Waals surface area contributed by atoms with Crippen molar-refractivity contribution in [2.24, 2.45) is 0 Å². The number of nitrogens with zero attached hydrogens (tertiary/aromatic N) is 3. The van der Waals surface area contributed by atoms with Crippen molar-refractivity contribution in [3.63, 3.8) is 0 Å². The van der Waals surface area contributed by atoms with Crippen LogP contribution in [0, 0.1) is 6.92 Å². The van der Waals surface area contributed by atoms with E-state index in [1.165, 1.54) is 0 Å². The number of halogens is 1. The summed E-state index contributed by atoms with van der Waals surface area (Å²) in [6.07, 6.45) is 2.83. The van der Waals surface area contributed by atoms with Crippen molar-refractivity contribution < 1.29 is 9.15 Å². The standard InChI is InChI=1S/C26H29ClN4O2S/c1-18-6-7-19(17-20(18)27)22-8-9-23(33-22)25-24(21-5-2-3-10-28-21)29-26(34)31(25)12-4-11-30-13-15-32-16-14-30/h2-3,5-10,17,24-25H,4,11-16H2,1H3,(H,29,34)/t24-,25-/m1/s1. The Kier molecular flexibility index (Phi) is 7.15. The van der Waals surface area contributed by atoms with E-state index in [1.54, 1.807) is 0 Å². The number of hydrogen-bond donors (Lipinski definition) is 1. The summed E-state index contributed by atoms with van der Waals surface area (Å²) in [5, 5.41) is 4.97. The van der Waals surface area contributed by atoms with Crippen LogP contribution >= 0.6 is 23.8 Å². The second-order valence-electron chi connectivity index (χ2n) is 8.79. The highest BCUT2D eigenvalue weighted by atomic mass is 35.5. The van der Waals surface area contributed by atoms with Crippen molar-refractivity contribution in [2.75, 3.05) is 39.4 Å². The van der Waals surface area contributed by atoms with E-state index in [4.69, 9.17) is 33.0 Å². The van der Waals surface area contributed by atoms with Gasteiger partial charge >= 0.3 is 0 Å². The van der Waals surface area contributed by atoms with Gasteiger partial charge in [-0.1, -0.05) is 29.8 Å². The van der Waals surface area contributed by atoms with Crippen molar-refractivity contribution in [1.82, 2.24) is 20.1 Å². The molecule has 0 unspecified atom stereocenters. The molecule has 5 rings (SSSR count). The SMILES string of the molecule is Cc1ccc(-c2ccc([C@@H]3[C@@H](c4ccccn4)NC(=S)N3CCCN3CCOCC3)o2)cc1Cl. The normalized spacial score (nSPS) is 21.1. The minimum Gasteiger partial charge on any atom is -0.459 e. The van der Waals surface area contributed by atoms with E-state index >= 15 is 0 Å². The van der Waals surface area contributed by atoms with E-state index in [-0.39, 0.29) is 12.1 Å². The van der Waals surface area contributed by atoms with Gasteiger partial charge in [0.15, 0.2) is 5.11 Å². The minimum absolute atomic E-state index is 0.0817. The molecule has 2 atom stereocenters. The number of hydrogen-bond acceptors (Lipinski definition) is 5. The predicted octanol–water partition coefficient (Wildman–Crippen LogP) is 5.00. The maximum atomic E-state index is 6.42. The molecule has 3 aromatic rings. The van der Waals surface area contributed by atoms with Crippen molar-refractivity contribution in [3.8, 4) is 11.3 Å². The van der Waals surface area contributed by atoms with Crippen LogP contribution in [0.15, 0.2) is 59.1 Å². The number of aryl methyl sites for hydroxylation is 1. The summed E-state index contributed by atoms with van der Waals surface area (Å²) >= 11 is 12.2. The van der Waals surface area contributed by atoms with Crippen molar-refractivity contribution >= 4 is 28.9 Å². The summed E-state index contributed by atoms with van der Waals surface area (Å²) in [7, 11) is 0. The minimum atomic E-state index is -0.0855. The van der Waals surface area contributed by atoms with Gasteiger partial charge in [-0.3, -0.25) is 9.88 Å². The molecule has 0 radical (unpaired) electrons. The van der Waals surface area contributed by atoms with Crippen LogP contribution in [0.3, 0.4) is 0 Å². The fourth-order valence-electron chi connectivity index (χ4n) is 4.66. The molecule has 2 aliphatic rings. The van der Waals surface area contributed by atoms with Crippen LogP contribution < -0.4 is 5.32 Å². The Morgan fingerprint density at radius 2 is 1.97 bits per heavy atom. The summed E-state index contributed by atoms with van der Waals surface area (Å²) in [4.78, 5) is 9.32. The van der Waals surface area contributed by atoms with E-state index in [0.29, 0.717) is 0 Å². The maximum Gasteiger partial charge on any atom is 0.170 e. The van der Waals surface area contributed by atoms with Crippen LogP contribution in [0.5, 0.6) is 0 Å². The lowest BCUT2D eigenvalue weighted by Crippen LogP contribution is -2.38. The number of morpholine rings is 1. The van der Waals surface area contributed by atoms with Crippen LogP contribution in [0.25, 0.3) is 11.3 Å². The molecule has 0 amide bonds. The van der Waals surface area contributed by atoms with Crippen molar-refractivity contribution in [2.45, 2.75) is 25.4 Å². The molecule has 178 valence electrons. The van der Waals surface area contributed by atoms with Crippen LogP contribution in [0.1, 0.15) is 35.5 Å². The first-order valence-electron chi connectivity index (χ1n) is 11.7. The highest BCUT2D eigenvalue weighted by Gasteiger charge is 2.41. The zero-order valence-corrected chi connectivity index (χ0v) is 20.8. The summed E-state index contributed by atoms with van der Waals surface area (Å²) in [6.45, 7) is 7.46. The number of rotatable bonds is 7. The summed E-state index contributed by atoms with van der Waals surface area (Å²) < 4.78 is 11.9. The molecule has 0 spiro atoms. The summed E-state index contributed by atoms with van der Waals surface area (Å²) in [5.41, 5.74) is 2.95. The lowest BCUT2D eigenvalue weighted by molar-refractivity contribution is 0.0365. The van der Waals surface area contributed by atoms with E-state index in [2.05, 4.69) is 20.1 Å². The summed E-state index contributed by atoms with van der Waals surface area (Å²) in [6, 6.07) is 15.9. The Balaban J connectivity index is 1.40. The maximum absolute atomic E-state index is 6.42. The molecule has 4 heterocycles. The first-order chi connectivity index (χ1) is 16.6. The first kappa shape index (κ1) is 23.3. The Morgan fingerprint density at radius 1 is 1.12 bits per heavy atom. The Labute approximate surface area is 210 Å². The molecular formula is C26H29ClN4O2S. The molecule has 8 heteroatoms. The van der Waals surface area contributed by atoms with Crippen molar-refractivity contribution in [1.29, 1.82) is 0 Å². The number of ether oxygens (including phenoxy) is 1. The van der Waals surface area contributed by atoms with Crippen LogP contribution in [-0.4, -0.2) is 59.3 Å². The van der Waals surface area contributed by atoms with E-state index in [1.807, 2.05) is 61.7 Å². The largest absolute Gasteiger partial charge is 0.459 e. The number of thiocarbonyl (C=S) groups is 1. The van der Waals surface area contributed by atoms with Gasteiger partial charge in [0, 0.05) is 43.0 Å². The van der Waals surface area contributed by atoms with E-state index in [9.17, 15) is 0 Å². The number of furan rings is 1. The zero-order chi connectivity index (χ0) is 23.5. The van der Waals surface area contributed by atoms with Crippen LogP contribution in [0.4, 0.5) is 0 Å². The predicted molar refractivity (Wildman–Crippen MR) is 138 cm³/mol. The lowest BCUT2D eigenvalue weighted by Gasteiger charge is -2.29. The topological polar surface area (TPSA) is 53.8 Å². The molecule has 0 saturated carbocycles. The van der Waals surface area contributed by atoms with Gasteiger partial charge in [0.05, 0.1) is 24.9 Å². The van der Waals surface area contributed by atoms with Gasteiger partial charge in [0.2, 0.25) is 0 Å². The third-order valence-electron chi connectivity index (χ3n) is 6.55. The van der Waals surface area contributed by atoms with Crippen molar-refractivity contribution in [3.05, 3.63) is 76.8 Å². The average molecular weight is 497 g/mol. The Bertz CT molecular complexity index is 1130. The molecule has 1 aromatic carbocycles. The monoisotopic (exact) mass is 496 g/mol. The van der Waals surface area contributed by atoms with Gasteiger partial charge in [0.25, 0.3) is 0 Å². The lowest BCUT2D eigenvalue weighted by atomic mass is 10.0. The molecule has 2 aliphatic heterocycles. The van der Waals surface area contributed by atoms with E-state index < -0.39 is 0 Å². The molecule has 1 N–H and O–H groups in total. The van der Waals surface area contributed by atoms with E-state index in [0.717, 1.165) is 84.3 Å². The Morgan fingerprint density at radius 3 is 2.74 bits per heavy atom. The average Bonchev–Trinajstić information content (AvgIpc) is 3.47. The molecule has 6 nitrogen and oxygen atoms in total. The van der Waals surface area contributed by atoms with Crippen LogP contribution in [-0.2, 0) is 4.74 Å². The molecule has 2 saturated heterocycles. The van der Waals surface area contributed by atoms with Crippen LogP contribution in [0.2, 0.25) is 5.02 Å². The smallest absolute Gasteiger partial charge is 0.170 e. The third kappa shape index (κ3) is 4.98. The van der Waals surface area contributed by atoms with Gasteiger partial charge in [-0.05, 0) is 61.5 Å². The van der Waals surface area contributed by atoms with Gasteiger partial charge in [-0.25, -0.2) is 0 Å². The fraction of sp³-hybridized carbons (Fsp3) is 0.385. The highest BCUT2D eigenvalue weighted by Crippen LogP contribution is 2.40. The number of benzene rings is 1. The molecular weight excluding hydrogens is 468 g/mol. The zero-order valence-electron chi connectivity index (χ0n) is 19.2. The molecule has 0 bridgehead atoms. The number of aromatic nitrogens is 1. The third-order valence-corrected chi connectivity index (χ3v) is 7.31. The quantitative estimate of drug-likeness (QED) is 0.462. The van der Waals surface area contributed by atoms with Gasteiger partial charge in [-0.15, -0.1) is 0 Å². The number of nitrogens with one attached hydrogen (secondary N) is 1. The second kappa shape index (κ2) is 10.4. The highest BCUT2D eigenvalue weighted by molar-refractivity contribution is 7.80. The van der Waals surface area contributed by atoms with Gasteiger partial charge in [0.1, 0.15) is 17.6 Å². The molecule has 2 fully saturated rings. The first-order valence-corrected chi connectivity index (χ1v) is 12.5. The second-order valence-corrected chi connectivity index (χ2v) is 9.59. The molecule has 0 aliphatic carbocycles.